The molecule has 2 aliphatic rings. The number of carboxylic acid groups (broad SMARTS) is 1. The molecule has 0 amide bonds. The molecule has 252 valence electrons. The van der Waals surface area contributed by atoms with Gasteiger partial charge in [0, 0.05) is 19.5 Å². The second-order valence-corrected chi connectivity index (χ2v) is 18.9. The molecule has 0 aliphatic carbocycles. The average molecular weight is 643 g/mol. The Morgan fingerprint density at radius 2 is 2.00 bits per heavy atom. The van der Waals surface area contributed by atoms with Gasteiger partial charge in [0.25, 0.3) is 0 Å². The van der Waals surface area contributed by atoms with Gasteiger partial charge in [-0.2, -0.15) is 0 Å². The van der Waals surface area contributed by atoms with Gasteiger partial charge >= 0.3 is 5.97 Å². The molecular formula is C37H58O7Si. The van der Waals surface area contributed by atoms with Crippen molar-refractivity contribution in [2.45, 2.75) is 134 Å². The molecule has 0 saturated carbocycles. The lowest BCUT2D eigenvalue weighted by molar-refractivity contribution is -0.130. The first-order valence-electron chi connectivity index (χ1n) is 16.3. The first-order valence-corrected chi connectivity index (χ1v) is 19.2. The Bertz CT molecular complexity index is 1130. The van der Waals surface area contributed by atoms with E-state index in [0.29, 0.717) is 31.8 Å². The molecule has 0 fully saturated rings. The number of carboxylic acids is 1. The van der Waals surface area contributed by atoms with Crippen LogP contribution in [0.3, 0.4) is 0 Å². The van der Waals surface area contributed by atoms with E-state index < -0.39 is 26.5 Å². The van der Waals surface area contributed by atoms with E-state index in [2.05, 4.69) is 84.4 Å². The zero-order chi connectivity index (χ0) is 33.6. The van der Waals surface area contributed by atoms with Crippen LogP contribution in [0.25, 0.3) is 0 Å². The van der Waals surface area contributed by atoms with Crippen LogP contribution in [0.5, 0.6) is 0 Å². The van der Waals surface area contributed by atoms with E-state index >= 15 is 0 Å². The van der Waals surface area contributed by atoms with Crippen molar-refractivity contribution in [3.63, 3.8) is 0 Å². The standard InChI is InChI=1S/C37H58O7Si/c1-27-21-22-42-31(24-27)19-20-35(41-7)34(38)17-11-16-33(44-45(8,9)37(4,5)6)26-29(3)23-28(2)25-32-15-10-13-30(43-32)14-12-18-36(39)40/h10-11,13,16,19-21,28,30-35,38H,3,14-15,17,22-26H2,1-2,4-9H3,(H,39,40). The number of methoxy groups -OCH3 is 1. The minimum atomic E-state index is -2.06. The zero-order valence-corrected chi connectivity index (χ0v) is 29.9. The molecule has 0 bridgehead atoms. The van der Waals surface area contributed by atoms with Crippen LogP contribution in [0.2, 0.25) is 18.1 Å². The summed E-state index contributed by atoms with van der Waals surface area (Å²) in [4.78, 5) is 10.7. The number of aliphatic hydroxyl groups is 1. The quantitative estimate of drug-likeness (QED) is 0.102. The molecule has 7 unspecified atom stereocenters. The van der Waals surface area contributed by atoms with E-state index in [1.165, 1.54) is 5.57 Å². The molecule has 8 heteroatoms. The average Bonchev–Trinajstić information content (AvgIpc) is 2.92. The number of aliphatic carboxylic acids is 1. The van der Waals surface area contributed by atoms with Crippen LogP contribution in [0.4, 0.5) is 0 Å². The molecule has 0 radical (unpaired) electrons. The van der Waals surface area contributed by atoms with Gasteiger partial charge in [0.1, 0.15) is 6.10 Å². The van der Waals surface area contributed by atoms with E-state index in [1.54, 1.807) is 7.11 Å². The summed E-state index contributed by atoms with van der Waals surface area (Å²) < 4.78 is 24.4. The van der Waals surface area contributed by atoms with Gasteiger partial charge < -0.3 is 28.8 Å². The second kappa shape index (κ2) is 18.8. The van der Waals surface area contributed by atoms with Crippen molar-refractivity contribution in [2.75, 3.05) is 13.7 Å². The highest BCUT2D eigenvalue weighted by molar-refractivity contribution is 6.74. The molecule has 0 spiro atoms. The molecule has 0 aromatic carbocycles. The predicted molar refractivity (Wildman–Crippen MR) is 184 cm³/mol. The zero-order valence-electron chi connectivity index (χ0n) is 28.9. The van der Waals surface area contributed by atoms with Crippen molar-refractivity contribution in [1.82, 2.24) is 0 Å². The van der Waals surface area contributed by atoms with E-state index in [9.17, 15) is 9.90 Å². The third kappa shape index (κ3) is 14.8. The van der Waals surface area contributed by atoms with Crippen molar-refractivity contribution in [1.29, 1.82) is 0 Å². The molecule has 0 aromatic heterocycles. The van der Waals surface area contributed by atoms with Crippen molar-refractivity contribution in [2.24, 2.45) is 5.92 Å². The highest BCUT2D eigenvalue weighted by Crippen LogP contribution is 2.38. The van der Waals surface area contributed by atoms with Crippen LogP contribution in [-0.4, -0.2) is 74.8 Å². The molecule has 2 rings (SSSR count). The third-order valence-electron chi connectivity index (χ3n) is 8.82. The summed E-state index contributed by atoms with van der Waals surface area (Å²) in [5.41, 5.74) is 2.44. The fourth-order valence-corrected chi connectivity index (χ4v) is 6.59. The summed E-state index contributed by atoms with van der Waals surface area (Å²) in [5, 5.41) is 19.8. The molecule has 2 aliphatic heterocycles. The summed E-state index contributed by atoms with van der Waals surface area (Å²) in [6, 6.07) is 0. The van der Waals surface area contributed by atoms with Gasteiger partial charge in [-0.3, -0.25) is 0 Å². The molecule has 2 N–H and O–H groups in total. The smallest absolute Gasteiger partial charge is 0.381 e. The van der Waals surface area contributed by atoms with Crippen LogP contribution in [0.1, 0.15) is 79.6 Å². The largest absolute Gasteiger partial charge is 0.472 e. The Hall–Kier alpha value is -2.25. The molecule has 7 atom stereocenters. The first-order chi connectivity index (χ1) is 21.1. The SMILES string of the molecule is C=C(CC(C)CC1CC=CC(CC#CC(=O)O)O1)CC(C=CCC(O)C(C=CC1CC(C)=CCO1)OC)O[Si](C)(C)C(C)(C)C. The Balaban J connectivity index is 1.98. The number of rotatable bonds is 16. The molecule has 7 nitrogen and oxygen atoms in total. The van der Waals surface area contributed by atoms with Gasteiger partial charge in [0.15, 0.2) is 8.32 Å². The molecular weight excluding hydrogens is 584 g/mol. The van der Waals surface area contributed by atoms with Crippen LogP contribution >= 0.6 is 0 Å². The highest BCUT2D eigenvalue weighted by Gasteiger charge is 2.39. The van der Waals surface area contributed by atoms with Crippen molar-refractivity contribution < 1.29 is 33.6 Å². The number of hydrogen-bond acceptors (Lipinski definition) is 6. The van der Waals surface area contributed by atoms with Crippen LogP contribution < -0.4 is 0 Å². The van der Waals surface area contributed by atoms with E-state index in [1.807, 2.05) is 24.3 Å². The van der Waals surface area contributed by atoms with Gasteiger partial charge in [-0.15, -0.1) is 0 Å². The summed E-state index contributed by atoms with van der Waals surface area (Å²) in [6.45, 7) is 20.6. The molecule has 0 aromatic rings. The van der Waals surface area contributed by atoms with Crippen molar-refractivity contribution in [3.05, 3.63) is 60.3 Å². The molecule has 2 heterocycles. The third-order valence-corrected chi connectivity index (χ3v) is 13.3. The van der Waals surface area contributed by atoms with Crippen molar-refractivity contribution in [3.8, 4) is 11.8 Å². The minimum Gasteiger partial charge on any atom is -0.472 e. The van der Waals surface area contributed by atoms with Gasteiger partial charge in [-0.25, -0.2) is 4.79 Å². The maximum Gasteiger partial charge on any atom is 0.381 e. The molecule has 0 saturated heterocycles. The lowest BCUT2D eigenvalue weighted by Gasteiger charge is -2.39. The Morgan fingerprint density at radius 1 is 1.27 bits per heavy atom. The number of carbonyl (C=O) groups is 1. The topological polar surface area (TPSA) is 94.5 Å². The fourth-order valence-electron chi connectivity index (χ4n) is 5.32. The number of hydrogen-bond donors (Lipinski definition) is 2. The predicted octanol–water partition coefficient (Wildman–Crippen LogP) is 7.54. The summed E-state index contributed by atoms with van der Waals surface area (Å²) in [6.07, 6.45) is 17.8. The Kier molecular flexibility index (Phi) is 16.2. The van der Waals surface area contributed by atoms with Crippen LogP contribution in [0, 0.1) is 17.8 Å². The fraction of sp³-hybridized carbons (Fsp3) is 0.649. The lowest BCUT2D eigenvalue weighted by Crippen LogP contribution is -2.43. The second-order valence-electron chi connectivity index (χ2n) is 14.1. The summed E-state index contributed by atoms with van der Waals surface area (Å²) in [5.74, 6) is 4.08. The first kappa shape index (κ1) is 38.9. The Labute approximate surface area is 273 Å². The normalized spacial score (nSPS) is 23.7. The van der Waals surface area contributed by atoms with Gasteiger partial charge in [0.05, 0.1) is 37.1 Å². The van der Waals surface area contributed by atoms with E-state index in [4.69, 9.17) is 23.7 Å². The van der Waals surface area contributed by atoms with Crippen molar-refractivity contribution >= 4 is 14.3 Å². The number of ether oxygens (including phenoxy) is 3. The summed E-state index contributed by atoms with van der Waals surface area (Å²) >= 11 is 0. The van der Waals surface area contributed by atoms with E-state index in [0.717, 1.165) is 31.3 Å². The maximum atomic E-state index is 10.9. The van der Waals surface area contributed by atoms with Gasteiger partial charge in [-0.1, -0.05) is 93.9 Å². The molecule has 45 heavy (non-hydrogen) atoms. The van der Waals surface area contributed by atoms with E-state index in [-0.39, 0.29) is 29.5 Å². The minimum absolute atomic E-state index is 0.00635. The van der Waals surface area contributed by atoms with Crippen LogP contribution in [0.15, 0.2) is 60.3 Å². The monoisotopic (exact) mass is 642 g/mol. The number of aliphatic hydroxyl groups excluding tert-OH is 1. The Morgan fingerprint density at radius 3 is 2.64 bits per heavy atom. The maximum absolute atomic E-state index is 10.9. The van der Waals surface area contributed by atoms with Crippen LogP contribution in [-0.2, 0) is 23.4 Å². The highest BCUT2D eigenvalue weighted by atomic mass is 28.4. The summed E-state index contributed by atoms with van der Waals surface area (Å²) in [7, 11) is -0.447. The lowest BCUT2D eigenvalue weighted by atomic mass is 9.91. The van der Waals surface area contributed by atoms with Gasteiger partial charge in [-0.05, 0) is 69.5 Å². The van der Waals surface area contributed by atoms with Gasteiger partial charge in [0.2, 0.25) is 0 Å².